The lowest BCUT2D eigenvalue weighted by atomic mass is 10.0. The lowest BCUT2D eigenvalue weighted by Crippen LogP contribution is -2.49. The van der Waals surface area contributed by atoms with Crippen LogP contribution in [0.2, 0.25) is 0 Å². The summed E-state index contributed by atoms with van der Waals surface area (Å²) in [6, 6.07) is 17.4. The molecule has 202 valence electrons. The fraction of sp³-hybridized carbons (Fsp3) is 0.414. The molecule has 38 heavy (non-hydrogen) atoms. The Balaban J connectivity index is 1.62. The van der Waals surface area contributed by atoms with Gasteiger partial charge in [0, 0.05) is 5.56 Å². The van der Waals surface area contributed by atoms with E-state index in [0.717, 1.165) is 17.5 Å². The fourth-order valence-electron chi connectivity index (χ4n) is 3.86. The highest BCUT2D eigenvalue weighted by Gasteiger charge is 2.30. The van der Waals surface area contributed by atoms with Gasteiger partial charge in [-0.25, -0.2) is 4.79 Å². The number of ether oxygens (including phenoxy) is 1. The molecule has 0 aliphatic carbocycles. The first-order valence-corrected chi connectivity index (χ1v) is 13.0. The predicted molar refractivity (Wildman–Crippen MR) is 143 cm³/mol. The molecule has 0 saturated carbocycles. The third kappa shape index (κ3) is 8.26. The van der Waals surface area contributed by atoms with Gasteiger partial charge in [-0.3, -0.25) is 9.59 Å². The summed E-state index contributed by atoms with van der Waals surface area (Å²) in [6.07, 6.45) is 0.660. The van der Waals surface area contributed by atoms with E-state index in [9.17, 15) is 14.4 Å². The summed E-state index contributed by atoms with van der Waals surface area (Å²) in [6.45, 7) is 7.59. The van der Waals surface area contributed by atoms with Crippen LogP contribution in [-0.4, -0.2) is 40.1 Å². The Kier molecular flexibility index (Phi) is 10.6. The van der Waals surface area contributed by atoms with Gasteiger partial charge < -0.3 is 19.8 Å². The summed E-state index contributed by atoms with van der Waals surface area (Å²) in [5.41, 5.74) is 1.67. The van der Waals surface area contributed by atoms with E-state index in [2.05, 4.69) is 20.8 Å². The van der Waals surface area contributed by atoms with Crippen molar-refractivity contribution in [3.63, 3.8) is 0 Å². The molecule has 0 aliphatic heterocycles. The van der Waals surface area contributed by atoms with Crippen molar-refractivity contribution in [2.75, 3.05) is 0 Å². The molecule has 2 amide bonds. The number of hydrogen-bond donors (Lipinski definition) is 2. The summed E-state index contributed by atoms with van der Waals surface area (Å²) in [7, 11) is 0. The highest BCUT2D eigenvalue weighted by molar-refractivity contribution is 6.38. The molecular formula is C29H36N4O5. The molecule has 9 heteroatoms. The molecular weight excluding hydrogens is 484 g/mol. The lowest BCUT2D eigenvalue weighted by Gasteiger charge is -2.23. The number of aromatic nitrogens is 2. The molecule has 2 N–H and O–H groups in total. The average molecular weight is 521 g/mol. The average Bonchev–Trinajstić information content (AvgIpc) is 3.39. The Morgan fingerprint density at radius 1 is 0.921 bits per heavy atom. The first-order valence-electron chi connectivity index (χ1n) is 13.0. The zero-order chi connectivity index (χ0) is 27.5. The summed E-state index contributed by atoms with van der Waals surface area (Å²) < 4.78 is 11.4. The Labute approximate surface area is 223 Å². The van der Waals surface area contributed by atoms with E-state index in [1.807, 2.05) is 81.4 Å². The van der Waals surface area contributed by atoms with Crippen LogP contribution in [0.5, 0.6) is 0 Å². The number of nitrogens with zero attached hydrogens (tertiary/aromatic N) is 2. The standard InChI is InChI=1S/C29H36N4O5/c1-5-6-17-23(26(34)27(35)30-20(4)21-13-9-7-10-14-21)31-29(36)37-24(19(2)3)18-25-32-33-28(38-25)22-15-11-8-12-16-22/h7-16,19-20,23-24H,5-6,17-18H2,1-4H3,(H,30,35)(H,31,36)/t20-,23+,24-/m1/s1. The second-order valence-electron chi connectivity index (χ2n) is 9.57. The van der Waals surface area contributed by atoms with Gasteiger partial charge in [0.25, 0.3) is 5.91 Å². The Morgan fingerprint density at radius 3 is 2.21 bits per heavy atom. The molecule has 0 spiro atoms. The third-order valence-electron chi connectivity index (χ3n) is 6.19. The smallest absolute Gasteiger partial charge is 0.408 e. The number of benzene rings is 2. The molecule has 9 nitrogen and oxygen atoms in total. The molecule has 0 aliphatic rings. The third-order valence-corrected chi connectivity index (χ3v) is 6.19. The Morgan fingerprint density at radius 2 is 1.58 bits per heavy atom. The SMILES string of the molecule is CCCC[C@H](NC(=O)O[C@H](Cc1nnc(-c2ccccc2)o1)C(C)C)C(=O)C(=O)N[C@H](C)c1ccccc1. The summed E-state index contributed by atoms with van der Waals surface area (Å²) >= 11 is 0. The second-order valence-corrected chi connectivity index (χ2v) is 9.57. The largest absolute Gasteiger partial charge is 0.445 e. The van der Waals surface area contributed by atoms with Crippen molar-refractivity contribution in [1.29, 1.82) is 0 Å². The topological polar surface area (TPSA) is 123 Å². The number of amides is 2. The van der Waals surface area contributed by atoms with Crippen molar-refractivity contribution in [2.45, 2.75) is 71.6 Å². The van der Waals surface area contributed by atoms with Crippen LogP contribution < -0.4 is 10.6 Å². The molecule has 1 aromatic heterocycles. The van der Waals surface area contributed by atoms with E-state index in [4.69, 9.17) is 9.15 Å². The molecule has 0 unspecified atom stereocenters. The normalized spacial score (nSPS) is 13.4. The van der Waals surface area contributed by atoms with Crippen LogP contribution in [-0.2, 0) is 20.7 Å². The minimum atomic E-state index is -0.994. The van der Waals surface area contributed by atoms with Gasteiger partial charge in [-0.1, -0.05) is 82.1 Å². The number of carbonyl (C=O) groups is 3. The molecule has 0 saturated heterocycles. The van der Waals surface area contributed by atoms with Gasteiger partial charge in [0.2, 0.25) is 17.6 Å². The molecule has 1 heterocycles. The van der Waals surface area contributed by atoms with Crippen molar-refractivity contribution in [2.24, 2.45) is 5.92 Å². The van der Waals surface area contributed by atoms with Crippen molar-refractivity contribution < 1.29 is 23.5 Å². The minimum Gasteiger partial charge on any atom is -0.445 e. The fourth-order valence-corrected chi connectivity index (χ4v) is 3.86. The summed E-state index contributed by atoms with van der Waals surface area (Å²) in [5, 5.41) is 13.5. The van der Waals surface area contributed by atoms with E-state index < -0.39 is 29.9 Å². The van der Waals surface area contributed by atoms with Gasteiger partial charge in [0.05, 0.1) is 12.5 Å². The first-order chi connectivity index (χ1) is 18.3. The monoisotopic (exact) mass is 520 g/mol. The number of nitrogens with one attached hydrogen (secondary N) is 2. The van der Waals surface area contributed by atoms with Gasteiger partial charge in [-0.15, -0.1) is 10.2 Å². The molecule has 0 bridgehead atoms. The minimum absolute atomic E-state index is 0.0624. The van der Waals surface area contributed by atoms with Crippen LogP contribution in [0, 0.1) is 5.92 Å². The van der Waals surface area contributed by atoms with Crippen LogP contribution in [0.1, 0.15) is 64.5 Å². The van der Waals surface area contributed by atoms with Gasteiger partial charge in [0.1, 0.15) is 12.1 Å². The Hall–Kier alpha value is -4.01. The molecule has 3 rings (SSSR count). The number of ketones is 1. The highest BCUT2D eigenvalue weighted by Crippen LogP contribution is 2.20. The van der Waals surface area contributed by atoms with E-state index in [-0.39, 0.29) is 18.4 Å². The zero-order valence-electron chi connectivity index (χ0n) is 22.3. The molecule has 2 aromatic carbocycles. The molecule has 3 aromatic rings. The number of hydrogen-bond acceptors (Lipinski definition) is 7. The van der Waals surface area contributed by atoms with Crippen molar-refractivity contribution in [3.8, 4) is 11.5 Å². The number of Topliss-reactive ketones (excluding diaryl/α,β-unsaturated/α-hetero) is 1. The van der Waals surface area contributed by atoms with Crippen LogP contribution in [0.4, 0.5) is 4.79 Å². The summed E-state index contributed by atoms with van der Waals surface area (Å²) in [4.78, 5) is 38.5. The van der Waals surface area contributed by atoms with E-state index in [1.54, 1.807) is 6.92 Å². The maximum absolute atomic E-state index is 13.0. The van der Waals surface area contributed by atoms with Crippen LogP contribution in [0.25, 0.3) is 11.5 Å². The number of unbranched alkanes of at least 4 members (excludes halogenated alkanes) is 1. The van der Waals surface area contributed by atoms with E-state index in [1.165, 1.54) is 0 Å². The lowest BCUT2D eigenvalue weighted by molar-refractivity contribution is -0.139. The summed E-state index contributed by atoms with van der Waals surface area (Å²) in [5.74, 6) is -0.796. The van der Waals surface area contributed by atoms with Crippen molar-refractivity contribution >= 4 is 17.8 Å². The predicted octanol–water partition coefficient (Wildman–Crippen LogP) is 5.04. The van der Waals surface area contributed by atoms with Crippen molar-refractivity contribution in [3.05, 3.63) is 72.1 Å². The highest BCUT2D eigenvalue weighted by atomic mass is 16.6. The van der Waals surface area contributed by atoms with Gasteiger partial charge in [0.15, 0.2) is 0 Å². The molecule has 3 atom stereocenters. The quantitative estimate of drug-likeness (QED) is 0.303. The number of carbonyl (C=O) groups excluding carboxylic acids is 3. The van der Waals surface area contributed by atoms with Gasteiger partial charge in [-0.05, 0) is 37.0 Å². The van der Waals surface area contributed by atoms with Crippen LogP contribution in [0.15, 0.2) is 65.1 Å². The maximum atomic E-state index is 13.0. The zero-order valence-corrected chi connectivity index (χ0v) is 22.3. The van der Waals surface area contributed by atoms with Crippen molar-refractivity contribution in [1.82, 2.24) is 20.8 Å². The van der Waals surface area contributed by atoms with E-state index >= 15 is 0 Å². The van der Waals surface area contributed by atoms with Crippen LogP contribution >= 0.6 is 0 Å². The second kappa shape index (κ2) is 14.1. The molecule has 0 radical (unpaired) electrons. The Bertz CT molecular complexity index is 1180. The number of rotatable bonds is 13. The number of alkyl carbamates (subject to hydrolysis) is 1. The van der Waals surface area contributed by atoms with Gasteiger partial charge in [-0.2, -0.15) is 0 Å². The molecule has 0 fully saturated rings. The van der Waals surface area contributed by atoms with E-state index in [0.29, 0.717) is 24.6 Å². The first kappa shape index (κ1) is 28.6. The van der Waals surface area contributed by atoms with Crippen LogP contribution in [0.3, 0.4) is 0 Å². The maximum Gasteiger partial charge on any atom is 0.408 e. The van der Waals surface area contributed by atoms with Gasteiger partial charge >= 0.3 is 6.09 Å².